The Morgan fingerprint density at radius 2 is 1.77 bits per heavy atom. The molecule has 1 spiro atoms. The van der Waals surface area contributed by atoms with E-state index in [1.807, 2.05) is 6.07 Å². The molecule has 1 saturated heterocycles. The average Bonchev–Trinajstić information content (AvgIpc) is 2.90. The zero-order chi connectivity index (χ0) is 15.2. The number of allylic oxidation sites excluding steroid dienone is 1. The molecule has 3 atom stereocenters. The molecule has 22 heavy (non-hydrogen) atoms. The van der Waals surface area contributed by atoms with Gasteiger partial charge in [-0.2, -0.15) is 0 Å². The van der Waals surface area contributed by atoms with E-state index in [9.17, 15) is 8.42 Å². The molecule has 0 N–H and O–H groups in total. The van der Waals surface area contributed by atoms with Crippen LogP contribution in [0.4, 0.5) is 0 Å². The van der Waals surface area contributed by atoms with Crippen LogP contribution in [0, 0.1) is 11.8 Å². The Balaban J connectivity index is 1.69. The van der Waals surface area contributed by atoms with Crippen LogP contribution in [0.3, 0.4) is 0 Å². The van der Waals surface area contributed by atoms with E-state index in [2.05, 4.69) is 12.2 Å². The summed E-state index contributed by atoms with van der Waals surface area (Å²) in [5.41, 5.74) is 0. The maximum absolute atomic E-state index is 13.0. The smallest absolute Gasteiger partial charge is 0.181 e. The first-order valence-corrected chi connectivity index (χ1v) is 9.42. The Labute approximate surface area is 131 Å². The van der Waals surface area contributed by atoms with Crippen LogP contribution in [0.2, 0.25) is 0 Å². The van der Waals surface area contributed by atoms with Crippen LogP contribution in [0.5, 0.6) is 0 Å². The third kappa shape index (κ3) is 2.14. The summed E-state index contributed by atoms with van der Waals surface area (Å²) in [5, 5.41) is -0.378. The zero-order valence-corrected chi connectivity index (χ0v) is 13.2. The SMILES string of the molecule is O=S(=O)(c1ccccc1)[C@@H]1C[C@H]2C=C[C@@H]1CCC21OCCO1. The Kier molecular flexibility index (Phi) is 3.40. The highest BCUT2D eigenvalue weighted by atomic mass is 32.2. The van der Waals surface area contributed by atoms with Gasteiger partial charge in [0.2, 0.25) is 0 Å². The highest BCUT2D eigenvalue weighted by molar-refractivity contribution is 7.92. The number of sulfone groups is 1. The quantitative estimate of drug-likeness (QED) is 0.786. The van der Waals surface area contributed by atoms with Gasteiger partial charge in [0.15, 0.2) is 15.6 Å². The fourth-order valence-corrected chi connectivity index (χ4v) is 6.07. The summed E-state index contributed by atoms with van der Waals surface area (Å²) in [6.07, 6.45) is 6.33. The van der Waals surface area contributed by atoms with Crippen molar-refractivity contribution in [3.63, 3.8) is 0 Å². The standard InChI is InChI=1S/C17H20O4S/c18-22(19,15-4-2-1-3-5-15)16-12-14-7-6-13(16)8-9-17(14)20-10-11-21-17/h1-7,13-14,16H,8-12H2/t13-,14-,16-/m1/s1. The van der Waals surface area contributed by atoms with Gasteiger partial charge in [-0.3, -0.25) is 0 Å². The Bertz CT molecular complexity index is 674. The van der Waals surface area contributed by atoms with Crippen molar-refractivity contribution >= 4 is 9.84 Å². The molecule has 0 unspecified atom stereocenters. The van der Waals surface area contributed by atoms with Crippen molar-refractivity contribution in [1.29, 1.82) is 0 Å². The summed E-state index contributed by atoms with van der Waals surface area (Å²) in [5.74, 6) is -0.516. The van der Waals surface area contributed by atoms with Crippen LogP contribution in [-0.2, 0) is 19.3 Å². The summed E-state index contributed by atoms with van der Waals surface area (Å²) in [6, 6.07) is 8.78. The topological polar surface area (TPSA) is 52.6 Å². The Morgan fingerprint density at radius 1 is 1.05 bits per heavy atom. The molecule has 1 heterocycles. The van der Waals surface area contributed by atoms with E-state index < -0.39 is 15.6 Å². The summed E-state index contributed by atoms with van der Waals surface area (Å²) >= 11 is 0. The lowest BCUT2D eigenvalue weighted by molar-refractivity contribution is -0.187. The predicted octanol–water partition coefficient (Wildman–Crippen LogP) is 2.56. The second-order valence-electron chi connectivity index (χ2n) is 6.33. The fourth-order valence-electron chi connectivity index (χ4n) is 4.04. The predicted molar refractivity (Wildman–Crippen MR) is 82.0 cm³/mol. The molecule has 1 aliphatic heterocycles. The molecule has 2 bridgehead atoms. The van der Waals surface area contributed by atoms with E-state index in [0.29, 0.717) is 24.5 Å². The van der Waals surface area contributed by atoms with Crippen LogP contribution >= 0.6 is 0 Å². The molecule has 2 fully saturated rings. The zero-order valence-electron chi connectivity index (χ0n) is 12.4. The van der Waals surface area contributed by atoms with Crippen molar-refractivity contribution in [2.24, 2.45) is 11.8 Å². The third-order valence-electron chi connectivity index (χ3n) is 5.19. The van der Waals surface area contributed by atoms with Crippen LogP contribution in [0.25, 0.3) is 0 Å². The Hall–Kier alpha value is -1.17. The van der Waals surface area contributed by atoms with Crippen molar-refractivity contribution in [2.75, 3.05) is 13.2 Å². The van der Waals surface area contributed by atoms with Gasteiger partial charge in [0.25, 0.3) is 0 Å². The molecule has 0 aromatic heterocycles. The number of hydrogen-bond donors (Lipinski definition) is 0. The molecular formula is C17H20O4S. The molecule has 0 amide bonds. The highest BCUT2D eigenvalue weighted by Gasteiger charge is 2.51. The minimum Gasteiger partial charge on any atom is -0.347 e. The van der Waals surface area contributed by atoms with Gasteiger partial charge in [-0.15, -0.1) is 0 Å². The van der Waals surface area contributed by atoms with Crippen LogP contribution < -0.4 is 0 Å². The second-order valence-corrected chi connectivity index (χ2v) is 8.50. The molecular weight excluding hydrogens is 300 g/mol. The summed E-state index contributed by atoms with van der Waals surface area (Å²) in [4.78, 5) is 0.420. The molecule has 118 valence electrons. The first kappa shape index (κ1) is 14.4. The maximum Gasteiger partial charge on any atom is 0.181 e. The molecule has 4 aliphatic rings. The van der Waals surface area contributed by atoms with Crippen LogP contribution in [0.15, 0.2) is 47.4 Å². The van der Waals surface area contributed by atoms with Crippen LogP contribution in [-0.4, -0.2) is 32.7 Å². The van der Waals surface area contributed by atoms with Crippen molar-refractivity contribution in [3.05, 3.63) is 42.5 Å². The lowest BCUT2D eigenvalue weighted by Gasteiger charge is -2.34. The fraction of sp³-hybridized carbons (Fsp3) is 0.529. The second kappa shape index (κ2) is 5.18. The normalized spacial score (nSPS) is 33.2. The molecule has 3 aliphatic carbocycles. The van der Waals surface area contributed by atoms with Gasteiger partial charge in [0.05, 0.1) is 23.4 Å². The first-order chi connectivity index (χ1) is 10.6. The molecule has 1 saturated carbocycles. The van der Waals surface area contributed by atoms with E-state index in [0.717, 1.165) is 12.8 Å². The molecule has 4 nitrogen and oxygen atoms in total. The minimum atomic E-state index is -3.32. The molecule has 1 aromatic rings. The van der Waals surface area contributed by atoms with E-state index in [1.165, 1.54) is 0 Å². The van der Waals surface area contributed by atoms with E-state index in [-0.39, 0.29) is 17.1 Å². The monoisotopic (exact) mass is 320 g/mol. The Morgan fingerprint density at radius 3 is 2.50 bits per heavy atom. The summed E-state index contributed by atoms with van der Waals surface area (Å²) in [7, 11) is -3.32. The maximum atomic E-state index is 13.0. The van der Waals surface area contributed by atoms with E-state index in [1.54, 1.807) is 24.3 Å². The summed E-state index contributed by atoms with van der Waals surface area (Å²) < 4.78 is 37.8. The van der Waals surface area contributed by atoms with Gasteiger partial charge < -0.3 is 9.47 Å². The third-order valence-corrected chi connectivity index (χ3v) is 7.46. The van der Waals surface area contributed by atoms with Crippen molar-refractivity contribution in [1.82, 2.24) is 0 Å². The van der Waals surface area contributed by atoms with Gasteiger partial charge in [0.1, 0.15) is 0 Å². The number of benzene rings is 1. The van der Waals surface area contributed by atoms with Gasteiger partial charge in [0, 0.05) is 12.3 Å². The van der Waals surface area contributed by atoms with Crippen molar-refractivity contribution in [3.8, 4) is 0 Å². The molecule has 5 heteroatoms. The lowest BCUT2D eigenvalue weighted by atomic mass is 9.88. The van der Waals surface area contributed by atoms with E-state index >= 15 is 0 Å². The molecule has 1 aromatic carbocycles. The molecule has 5 rings (SSSR count). The highest BCUT2D eigenvalue weighted by Crippen LogP contribution is 2.47. The number of hydrogen-bond acceptors (Lipinski definition) is 4. The molecule has 0 radical (unpaired) electrons. The van der Waals surface area contributed by atoms with Gasteiger partial charge in [-0.25, -0.2) is 8.42 Å². The number of ether oxygens (including phenoxy) is 2. The van der Waals surface area contributed by atoms with E-state index in [4.69, 9.17) is 9.47 Å². The van der Waals surface area contributed by atoms with Crippen molar-refractivity contribution in [2.45, 2.75) is 35.2 Å². The minimum absolute atomic E-state index is 0.0252. The van der Waals surface area contributed by atoms with Gasteiger partial charge in [-0.05, 0) is 30.9 Å². The van der Waals surface area contributed by atoms with Gasteiger partial charge >= 0.3 is 0 Å². The number of fused-ring (bicyclic) bond motifs is 2. The largest absolute Gasteiger partial charge is 0.347 e. The lowest BCUT2D eigenvalue weighted by Crippen LogP contribution is -2.40. The first-order valence-electron chi connectivity index (χ1n) is 7.87. The average molecular weight is 320 g/mol. The van der Waals surface area contributed by atoms with Crippen molar-refractivity contribution < 1.29 is 17.9 Å². The summed E-state index contributed by atoms with van der Waals surface area (Å²) in [6.45, 7) is 1.20. The van der Waals surface area contributed by atoms with Crippen LogP contribution in [0.1, 0.15) is 19.3 Å². The van der Waals surface area contributed by atoms with Gasteiger partial charge in [-0.1, -0.05) is 30.4 Å². The number of rotatable bonds is 2.